The van der Waals surface area contributed by atoms with E-state index in [4.69, 9.17) is 42.4 Å². The number of aromatic carboxylic acids is 1. The molecule has 2 N–H and O–H groups in total. The maximum Gasteiger partial charge on any atom is 0.338 e. The van der Waals surface area contributed by atoms with Crippen molar-refractivity contribution in [3.8, 4) is 33.8 Å². The van der Waals surface area contributed by atoms with Gasteiger partial charge in [-0.15, -0.1) is 0 Å². The van der Waals surface area contributed by atoms with Crippen molar-refractivity contribution in [1.29, 1.82) is 0 Å². The van der Waals surface area contributed by atoms with Crippen LogP contribution in [0.15, 0.2) is 145 Å². The number of aromatic nitrogens is 3. The number of ether oxygens (including phenoxy) is 5. The summed E-state index contributed by atoms with van der Waals surface area (Å²) in [6.45, 7) is 28.8. The monoisotopic (exact) mass is 1570 g/mol. The molecule has 3 aliphatic heterocycles. The van der Waals surface area contributed by atoms with E-state index in [-0.39, 0.29) is 24.1 Å². The van der Waals surface area contributed by atoms with Gasteiger partial charge in [0.15, 0.2) is 0 Å². The van der Waals surface area contributed by atoms with E-state index in [1.165, 1.54) is 87.7 Å². The van der Waals surface area contributed by atoms with Crippen molar-refractivity contribution in [1.82, 2.24) is 20.8 Å². The van der Waals surface area contributed by atoms with Crippen LogP contribution in [0, 0.1) is 59.3 Å². The third-order valence-electron chi connectivity index (χ3n) is 23.8. The molecule has 19 heteroatoms. The number of piperidine rings is 3. The van der Waals surface area contributed by atoms with Crippen LogP contribution >= 0.6 is 15.9 Å². The third kappa shape index (κ3) is 17.7. The van der Waals surface area contributed by atoms with E-state index in [9.17, 15) is 14.4 Å². The van der Waals surface area contributed by atoms with E-state index in [2.05, 4.69) is 143 Å². The van der Waals surface area contributed by atoms with E-state index in [0.717, 1.165) is 126 Å². The fraction of sp³-hybridized carbons (Fsp3) is 0.478. The molecule has 18 nitrogen and oxygen atoms in total. The average Bonchev–Trinajstić information content (AvgIpc) is 1.65. The summed E-state index contributed by atoms with van der Waals surface area (Å²) in [5, 5.41) is 26.3. The first-order chi connectivity index (χ1) is 53.3. The average molecular weight is 1570 g/mol. The summed E-state index contributed by atoms with van der Waals surface area (Å²) in [6, 6.07) is 42.9. The molecule has 9 atom stereocenters. The Bertz CT molecular complexity index is 4760. The summed E-state index contributed by atoms with van der Waals surface area (Å²) in [7, 11) is 0. The topological polar surface area (TPSA) is 214 Å². The minimum Gasteiger partial charge on any atom is -0.478 e. The normalized spacial score (nSPS) is 22.7. The van der Waals surface area contributed by atoms with Crippen molar-refractivity contribution in [2.24, 2.45) is 17.8 Å². The first kappa shape index (κ1) is 77.6. The van der Waals surface area contributed by atoms with Crippen LogP contribution in [0.5, 0.6) is 0 Å². The molecule has 6 bridgehead atoms. The van der Waals surface area contributed by atoms with E-state index in [1.54, 1.807) is 24.3 Å². The molecule has 0 spiro atoms. The second-order valence-corrected chi connectivity index (χ2v) is 35.5. The number of hydrogen-bond acceptors (Lipinski definition) is 17. The second-order valence-electron chi connectivity index (χ2n) is 34.6. The smallest absolute Gasteiger partial charge is 0.338 e. The molecular weight excluding hydrogens is 1460 g/mol. The summed E-state index contributed by atoms with van der Waals surface area (Å²) in [6.07, 6.45) is 14.6. The Hall–Kier alpha value is -8.72. The van der Waals surface area contributed by atoms with Crippen LogP contribution in [-0.4, -0.2) is 106 Å². The van der Waals surface area contributed by atoms with Gasteiger partial charge in [0.1, 0.15) is 45.6 Å². The molecule has 111 heavy (non-hydrogen) atoms. The molecule has 6 heterocycles. The Labute approximate surface area is 661 Å². The summed E-state index contributed by atoms with van der Waals surface area (Å²) < 4.78 is 48.9. The van der Waals surface area contributed by atoms with Gasteiger partial charge in [-0.3, -0.25) is 0 Å². The molecule has 9 fully saturated rings. The molecular formula is C92H107BrN6O12. The summed E-state index contributed by atoms with van der Waals surface area (Å²) >= 11 is 3.30. The standard InChI is InChI=1S/C32H38N2O4.C28H30N2O4.C21H26N2O2.C11H13BrO2/c1-19-7-6-8-20(2)28(19)29-26(30(38-33-29)21-9-10-21)18-36-27-16-25-15-23(27)17-34(25)24-13-11-22(12-14-24)31(35)37-32(3,4)5;1-16-4-3-5-17(2)25(16)26-23(27(34-29-26)18-6-7-18)15-33-24-13-22-12-20(24)14-30(22)21-10-8-19(9-11-21)28(31)32;1-12-4-3-5-13(2)19(12)20-17(21(25-23-20)14-6-7-14)11-24-18-9-16-8-15(18)10-22-16;1-11(2,3)14-10(13)8-4-6-9(12)7-5-8/h6-8,11-14,21,23,25,27H,9-10,15-18H2,1-5H3;3-5,8-11,18,20,22,24H,6-7,12-15H2,1-2H3,(H,31,32);3-5,14-16,18,22H,6-11H2,1-2H3;4-7H,1-3H3/t23-,25-,27+;20-,22-,24+;15-,16-,18+;/m000./s1. The largest absolute Gasteiger partial charge is 0.478 e. The molecule has 6 aliphatic carbocycles. The van der Waals surface area contributed by atoms with Gasteiger partial charge in [-0.1, -0.05) is 86.0 Å². The van der Waals surface area contributed by atoms with Crippen LogP contribution in [0.1, 0.15) is 235 Å². The van der Waals surface area contributed by atoms with Crippen molar-refractivity contribution in [2.45, 2.75) is 245 Å². The molecule has 3 saturated heterocycles. The van der Waals surface area contributed by atoms with Crippen LogP contribution < -0.4 is 15.1 Å². The SMILES string of the molecule is CC(C)(C)OC(=O)c1ccc(Br)cc1.Cc1cccc(C)c1-c1noc(C2CC2)c1CO[C@@H]1C[C@@H]2C[C@H]1CN2.Cc1cccc(C)c1-c1noc(C2CC2)c1CO[C@@H]1C[C@@H]2C[C@H]1CN2c1ccc(C(=O)O)cc1.Cc1cccc(C)c1-c1noc(C2CC2)c1CO[C@@H]1C[C@@H]2C[C@H]1CN2c1ccc(C(=O)OC(C)(C)C)cc1. The maximum atomic E-state index is 12.4. The molecule has 0 radical (unpaired) electrons. The lowest BCUT2D eigenvalue weighted by atomic mass is 9.96. The highest BCUT2D eigenvalue weighted by Crippen LogP contribution is 2.51. The number of halogens is 1. The predicted octanol–water partition coefficient (Wildman–Crippen LogP) is 20.2. The van der Waals surface area contributed by atoms with Crippen molar-refractivity contribution in [2.75, 3.05) is 29.4 Å². The van der Waals surface area contributed by atoms with Gasteiger partial charge in [0.2, 0.25) is 0 Å². The number of fused-ring (bicyclic) bond motifs is 6. The lowest BCUT2D eigenvalue weighted by Crippen LogP contribution is -2.38. The van der Waals surface area contributed by atoms with E-state index in [0.29, 0.717) is 96.2 Å². The van der Waals surface area contributed by atoms with Crippen LogP contribution in [0.25, 0.3) is 33.8 Å². The van der Waals surface area contributed by atoms with Crippen molar-refractivity contribution < 1.29 is 56.7 Å². The van der Waals surface area contributed by atoms with E-state index in [1.807, 2.05) is 90.1 Å². The number of nitrogens with zero attached hydrogens (tertiary/aromatic N) is 5. The van der Waals surface area contributed by atoms with Gasteiger partial charge in [-0.2, -0.15) is 0 Å². The molecule has 6 saturated carbocycles. The number of rotatable bonds is 20. The van der Waals surface area contributed by atoms with Crippen LogP contribution in [0.2, 0.25) is 0 Å². The number of hydrogen-bond donors (Lipinski definition) is 2. The van der Waals surface area contributed by atoms with Gasteiger partial charge >= 0.3 is 17.9 Å². The maximum absolute atomic E-state index is 12.4. The number of esters is 2. The fourth-order valence-electron chi connectivity index (χ4n) is 17.8. The number of aryl methyl sites for hydroxylation is 6. The van der Waals surface area contributed by atoms with Crippen molar-refractivity contribution >= 4 is 45.2 Å². The van der Waals surface area contributed by atoms with Crippen LogP contribution in [0.4, 0.5) is 11.4 Å². The second kappa shape index (κ2) is 32.4. The number of carboxylic acid groups (broad SMARTS) is 1. The van der Waals surface area contributed by atoms with E-state index >= 15 is 0 Å². The zero-order valence-electron chi connectivity index (χ0n) is 66.3. The lowest BCUT2D eigenvalue weighted by molar-refractivity contribution is 0.00570. The first-order valence-electron chi connectivity index (χ1n) is 40.2. The lowest BCUT2D eigenvalue weighted by Gasteiger charge is -2.33. The summed E-state index contributed by atoms with van der Waals surface area (Å²) in [5.74, 6) is 4.83. The molecule has 0 unspecified atom stereocenters. The zero-order chi connectivity index (χ0) is 77.7. The Morgan fingerprint density at radius 3 is 1.07 bits per heavy atom. The quantitative estimate of drug-likeness (QED) is 0.0679. The van der Waals surface area contributed by atoms with Crippen LogP contribution in [-0.2, 0) is 43.5 Å². The molecule has 3 aromatic heterocycles. The highest BCUT2D eigenvalue weighted by molar-refractivity contribution is 9.10. The number of nitrogens with one attached hydrogen (secondary N) is 1. The number of carbonyl (C=O) groups is 3. The molecule has 6 aromatic carbocycles. The van der Waals surface area contributed by atoms with Gasteiger partial charge in [0, 0.05) is 117 Å². The number of carboxylic acids is 1. The first-order valence-corrected chi connectivity index (χ1v) is 41.0. The highest BCUT2D eigenvalue weighted by atomic mass is 79.9. The minimum absolute atomic E-state index is 0.229. The Kier molecular flexibility index (Phi) is 22.7. The fourth-order valence-corrected chi connectivity index (χ4v) is 18.1. The van der Waals surface area contributed by atoms with Crippen molar-refractivity contribution in [3.63, 3.8) is 0 Å². The van der Waals surface area contributed by atoms with Gasteiger partial charge in [-0.25, -0.2) is 14.4 Å². The van der Waals surface area contributed by atoms with Crippen LogP contribution in [0.3, 0.4) is 0 Å². The molecule has 9 aliphatic rings. The summed E-state index contributed by atoms with van der Waals surface area (Å²) in [5.41, 5.74) is 20.1. The highest BCUT2D eigenvalue weighted by Gasteiger charge is 2.48. The Morgan fingerprint density at radius 1 is 0.450 bits per heavy atom. The van der Waals surface area contributed by atoms with Gasteiger partial charge < -0.3 is 57.5 Å². The predicted molar refractivity (Wildman–Crippen MR) is 432 cm³/mol. The molecule has 18 rings (SSSR count). The minimum atomic E-state index is -0.887. The molecule has 9 aromatic rings. The Balaban J connectivity index is 0.000000123. The van der Waals surface area contributed by atoms with Crippen molar-refractivity contribution in [3.05, 3.63) is 216 Å². The number of benzene rings is 6. The number of anilines is 2. The molecule has 0 amide bonds. The summed E-state index contributed by atoms with van der Waals surface area (Å²) in [4.78, 5) is 40.0. The van der Waals surface area contributed by atoms with Gasteiger partial charge in [-0.05, 0) is 272 Å². The Morgan fingerprint density at radius 2 is 0.784 bits per heavy atom. The zero-order valence-corrected chi connectivity index (χ0v) is 67.9. The van der Waals surface area contributed by atoms with E-state index < -0.39 is 17.2 Å². The molecule has 584 valence electrons. The number of carbonyl (C=O) groups excluding carboxylic acids is 2. The van der Waals surface area contributed by atoms with Gasteiger partial charge in [0.05, 0.1) is 54.8 Å². The van der Waals surface area contributed by atoms with Gasteiger partial charge in [0.25, 0.3) is 0 Å². The third-order valence-corrected chi connectivity index (χ3v) is 24.3.